The minimum absolute atomic E-state index is 0.306. The third-order valence-corrected chi connectivity index (χ3v) is 4.40. The summed E-state index contributed by atoms with van der Waals surface area (Å²) < 4.78 is 0. The van der Waals surface area contributed by atoms with E-state index < -0.39 is 0 Å². The second kappa shape index (κ2) is 4.75. The van der Waals surface area contributed by atoms with Crippen LogP contribution in [0.4, 0.5) is 5.69 Å². The Labute approximate surface area is 109 Å². The number of nitrogens with zero attached hydrogens (tertiary/aromatic N) is 1. The maximum absolute atomic E-state index is 11.4. The fourth-order valence-corrected chi connectivity index (χ4v) is 3.26. The molecule has 18 heavy (non-hydrogen) atoms. The lowest BCUT2D eigenvalue weighted by atomic mass is 9.85. The third-order valence-electron chi connectivity index (χ3n) is 4.40. The molecule has 0 amide bonds. The van der Waals surface area contributed by atoms with Crippen molar-refractivity contribution in [1.29, 1.82) is 0 Å². The minimum atomic E-state index is 0.306. The monoisotopic (exact) mass is 243 g/mol. The van der Waals surface area contributed by atoms with Gasteiger partial charge in [-0.2, -0.15) is 0 Å². The fourth-order valence-electron chi connectivity index (χ4n) is 3.26. The molecule has 2 heteroatoms. The minimum Gasteiger partial charge on any atom is -0.370 e. The molecule has 0 radical (unpaired) electrons. The number of rotatable bonds is 4. The average molecular weight is 243 g/mol. The number of ketones is 1. The first-order valence-electron chi connectivity index (χ1n) is 7.07. The SMILES string of the molecule is CC(=O)CC1CN(CC2CCC2)c2ccccc21. The third kappa shape index (κ3) is 2.16. The molecule has 1 aromatic rings. The van der Waals surface area contributed by atoms with Crippen molar-refractivity contribution < 1.29 is 4.79 Å². The summed E-state index contributed by atoms with van der Waals surface area (Å²) in [5.74, 6) is 1.60. The molecule has 1 heterocycles. The van der Waals surface area contributed by atoms with Crippen LogP contribution in [-0.2, 0) is 4.79 Å². The molecule has 0 spiro atoms. The number of anilines is 1. The van der Waals surface area contributed by atoms with Crippen molar-refractivity contribution in [2.75, 3.05) is 18.0 Å². The van der Waals surface area contributed by atoms with Crippen LogP contribution in [0.1, 0.15) is 44.1 Å². The summed E-state index contributed by atoms with van der Waals surface area (Å²) in [4.78, 5) is 13.9. The highest BCUT2D eigenvalue weighted by Crippen LogP contribution is 2.40. The van der Waals surface area contributed by atoms with E-state index >= 15 is 0 Å². The maximum Gasteiger partial charge on any atom is 0.130 e. The van der Waals surface area contributed by atoms with Gasteiger partial charge in [-0.05, 0) is 37.3 Å². The van der Waals surface area contributed by atoms with E-state index in [-0.39, 0.29) is 0 Å². The van der Waals surface area contributed by atoms with Gasteiger partial charge in [-0.1, -0.05) is 24.6 Å². The van der Waals surface area contributed by atoms with E-state index in [1.165, 1.54) is 37.1 Å². The van der Waals surface area contributed by atoms with Crippen LogP contribution in [0.15, 0.2) is 24.3 Å². The summed E-state index contributed by atoms with van der Waals surface area (Å²) in [6.07, 6.45) is 4.86. The lowest BCUT2D eigenvalue weighted by molar-refractivity contribution is -0.117. The summed E-state index contributed by atoms with van der Waals surface area (Å²) in [5.41, 5.74) is 2.75. The average Bonchev–Trinajstić information content (AvgIpc) is 2.62. The Kier molecular flexibility index (Phi) is 3.11. The Hall–Kier alpha value is -1.31. The normalized spacial score (nSPS) is 22.7. The number of benzene rings is 1. The molecule has 2 aliphatic rings. The van der Waals surface area contributed by atoms with Crippen molar-refractivity contribution in [3.05, 3.63) is 29.8 Å². The molecule has 0 aromatic heterocycles. The highest BCUT2D eigenvalue weighted by molar-refractivity contribution is 5.78. The van der Waals surface area contributed by atoms with E-state index in [0.717, 1.165) is 12.5 Å². The van der Waals surface area contributed by atoms with Gasteiger partial charge in [0.2, 0.25) is 0 Å². The summed E-state index contributed by atoms with van der Waals surface area (Å²) in [6.45, 7) is 3.93. The van der Waals surface area contributed by atoms with Gasteiger partial charge >= 0.3 is 0 Å². The van der Waals surface area contributed by atoms with Crippen molar-refractivity contribution in [2.24, 2.45) is 5.92 Å². The van der Waals surface area contributed by atoms with Crippen LogP contribution < -0.4 is 4.90 Å². The molecule has 1 aromatic carbocycles. The van der Waals surface area contributed by atoms with Crippen LogP contribution in [0.2, 0.25) is 0 Å². The van der Waals surface area contributed by atoms with Crippen molar-refractivity contribution in [1.82, 2.24) is 0 Å². The van der Waals surface area contributed by atoms with E-state index in [9.17, 15) is 4.79 Å². The molecule has 1 aliphatic heterocycles. The number of para-hydroxylation sites is 1. The highest BCUT2D eigenvalue weighted by atomic mass is 16.1. The summed E-state index contributed by atoms with van der Waals surface area (Å²) in [5, 5.41) is 0. The van der Waals surface area contributed by atoms with Crippen molar-refractivity contribution in [2.45, 2.75) is 38.5 Å². The van der Waals surface area contributed by atoms with Crippen molar-refractivity contribution >= 4 is 11.5 Å². The summed E-state index contributed by atoms with van der Waals surface area (Å²) in [7, 11) is 0. The topological polar surface area (TPSA) is 20.3 Å². The van der Waals surface area contributed by atoms with Gasteiger partial charge in [0.25, 0.3) is 0 Å². The Bertz CT molecular complexity index is 450. The van der Waals surface area contributed by atoms with E-state index in [1.807, 2.05) is 0 Å². The number of carbonyl (C=O) groups excluding carboxylic acids is 1. The van der Waals surface area contributed by atoms with Crippen LogP contribution in [-0.4, -0.2) is 18.9 Å². The quantitative estimate of drug-likeness (QED) is 0.808. The number of Topliss-reactive ketones (excluding diaryl/α,β-unsaturated/α-hetero) is 1. The summed E-state index contributed by atoms with van der Waals surface area (Å²) in [6, 6.07) is 8.62. The van der Waals surface area contributed by atoms with E-state index in [2.05, 4.69) is 29.2 Å². The molecule has 1 unspecified atom stereocenters. The second-order valence-electron chi connectivity index (χ2n) is 5.86. The number of carbonyl (C=O) groups is 1. The van der Waals surface area contributed by atoms with Crippen molar-refractivity contribution in [3.63, 3.8) is 0 Å². The second-order valence-corrected chi connectivity index (χ2v) is 5.86. The Morgan fingerprint density at radius 3 is 2.78 bits per heavy atom. The molecule has 0 saturated heterocycles. The Morgan fingerprint density at radius 2 is 2.11 bits per heavy atom. The van der Waals surface area contributed by atoms with Gasteiger partial charge in [-0.3, -0.25) is 0 Å². The molecule has 1 atom stereocenters. The van der Waals surface area contributed by atoms with Gasteiger partial charge in [0.1, 0.15) is 5.78 Å². The lowest BCUT2D eigenvalue weighted by Crippen LogP contribution is -2.31. The zero-order valence-electron chi connectivity index (χ0n) is 11.1. The summed E-state index contributed by atoms with van der Waals surface area (Å²) >= 11 is 0. The Balaban J connectivity index is 1.79. The largest absolute Gasteiger partial charge is 0.370 e. The van der Waals surface area contributed by atoms with Gasteiger partial charge in [-0.25, -0.2) is 0 Å². The molecular formula is C16H21NO. The fraction of sp³-hybridized carbons (Fsp3) is 0.562. The smallest absolute Gasteiger partial charge is 0.130 e. The van der Waals surface area contributed by atoms with Gasteiger partial charge in [0, 0.05) is 31.1 Å². The van der Waals surface area contributed by atoms with Crippen LogP contribution >= 0.6 is 0 Å². The number of fused-ring (bicyclic) bond motifs is 1. The highest BCUT2D eigenvalue weighted by Gasteiger charge is 2.31. The van der Waals surface area contributed by atoms with Gasteiger partial charge in [0.05, 0.1) is 0 Å². The number of hydrogen-bond acceptors (Lipinski definition) is 2. The maximum atomic E-state index is 11.4. The number of hydrogen-bond donors (Lipinski definition) is 0. The predicted molar refractivity (Wildman–Crippen MR) is 74.0 cm³/mol. The van der Waals surface area contributed by atoms with E-state index in [0.29, 0.717) is 18.1 Å². The van der Waals surface area contributed by atoms with E-state index in [4.69, 9.17) is 0 Å². The van der Waals surface area contributed by atoms with Crippen LogP contribution in [0.25, 0.3) is 0 Å². The van der Waals surface area contributed by atoms with Crippen LogP contribution in [0.5, 0.6) is 0 Å². The molecule has 0 N–H and O–H groups in total. The predicted octanol–water partition coefficient (Wildman–Crippen LogP) is 3.37. The zero-order chi connectivity index (χ0) is 12.5. The first-order chi connectivity index (χ1) is 8.74. The van der Waals surface area contributed by atoms with Gasteiger partial charge in [0.15, 0.2) is 0 Å². The van der Waals surface area contributed by atoms with Gasteiger partial charge in [-0.15, -0.1) is 0 Å². The molecule has 96 valence electrons. The van der Waals surface area contributed by atoms with E-state index in [1.54, 1.807) is 6.92 Å². The first kappa shape index (κ1) is 11.8. The van der Waals surface area contributed by atoms with Crippen molar-refractivity contribution in [3.8, 4) is 0 Å². The molecule has 1 aliphatic carbocycles. The standard InChI is InChI=1S/C16H21NO/c1-12(18)9-14-11-17(10-13-5-4-6-13)16-8-3-2-7-15(14)16/h2-3,7-8,13-14H,4-6,9-11H2,1H3. The van der Waals surface area contributed by atoms with Crippen LogP contribution in [0.3, 0.4) is 0 Å². The molecule has 1 saturated carbocycles. The molecular weight excluding hydrogens is 222 g/mol. The molecule has 3 rings (SSSR count). The molecule has 1 fully saturated rings. The lowest BCUT2D eigenvalue weighted by Gasteiger charge is -2.31. The Morgan fingerprint density at radius 1 is 1.33 bits per heavy atom. The zero-order valence-corrected chi connectivity index (χ0v) is 11.1. The molecule has 2 nitrogen and oxygen atoms in total. The van der Waals surface area contributed by atoms with Crippen LogP contribution in [0, 0.1) is 5.92 Å². The molecule has 0 bridgehead atoms. The first-order valence-corrected chi connectivity index (χ1v) is 7.07. The van der Waals surface area contributed by atoms with Gasteiger partial charge < -0.3 is 9.69 Å².